The lowest BCUT2D eigenvalue weighted by atomic mass is 10.1. The molecule has 0 saturated carbocycles. The third kappa shape index (κ3) is 4.94. The SMILES string of the molecule is Cc1cccc(Cn2cc(NC(=O)c3cc4nc(-c5ccc(Cl)cc5)cc(C(F)(F)F)n4n3)cn2)c1. The number of amides is 1. The molecule has 0 fully saturated rings. The summed E-state index contributed by atoms with van der Waals surface area (Å²) in [5.74, 6) is -0.684. The summed E-state index contributed by atoms with van der Waals surface area (Å²) in [7, 11) is 0. The second-order valence-electron chi connectivity index (χ2n) is 8.20. The summed E-state index contributed by atoms with van der Waals surface area (Å²) in [5, 5.41) is 11.2. The number of nitrogens with one attached hydrogen (secondary N) is 1. The van der Waals surface area contributed by atoms with Crippen molar-refractivity contribution >= 4 is 28.8 Å². The fraction of sp³-hybridized carbons (Fsp3) is 0.120. The number of carbonyl (C=O) groups is 1. The number of nitrogens with zero attached hydrogens (tertiary/aromatic N) is 5. The average molecular weight is 511 g/mol. The first kappa shape index (κ1) is 23.6. The number of aryl methyl sites for hydroxylation is 1. The van der Waals surface area contributed by atoms with Crippen LogP contribution in [0.1, 0.15) is 27.3 Å². The monoisotopic (exact) mass is 510 g/mol. The van der Waals surface area contributed by atoms with Crippen molar-refractivity contribution in [2.75, 3.05) is 5.32 Å². The Balaban J connectivity index is 1.42. The minimum atomic E-state index is -4.72. The van der Waals surface area contributed by atoms with Crippen LogP contribution in [0.5, 0.6) is 0 Å². The molecular weight excluding hydrogens is 493 g/mol. The van der Waals surface area contributed by atoms with Crippen LogP contribution in [0.15, 0.2) is 73.1 Å². The first-order chi connectivity index (χ1) is 17.2. The van der Waals surface area contributed by atoms with Crippen LogP contribution in [0.2, 0.25) is 5.02 Å². The largest absolute Gasteiger partial charge is 0.433 e. The van der Waals surface area contributed by atoms with Gasteiger partial charge in [0.15, 0.2) is 17.0 Å². The van der Waals surface area contributed by atoms with Crippen molar-refractivity contribution in [3.63, 3.8) is 0 Å². The van der Waals surface area contributed by atoms with E-state index in [4.69, 9.17) is 11.6 Å². The first-order valence-corrected chi connectivity index (χ1v) is 11.2. The number of rotatable bonds is 5. The van der Waals surface area contributed by atoms with E-state index in [9.17, 15) is 18.0 Å². The third-order valence-electron chi connectivity index (χ3n) is 5.41. The van der Waals surface area contributed by atoms with E-state index >= 15 is 0 Å². The predicted molar refractivity (Wildman–Crippen MR) is 129 cm³/mol. The average Bonchev–Trinajstić information content (AvgIpc) is 3.45. The molecule has 7 nitrogen and oxygen atoms in total. The van der Waals surface area contributed by atoms with Gasteiger partial charge in [-0.3, -0.25) is 9.48 Å². The number of hydrogen-bond donors (Lipinski definition) is 1. The number of alkyl halides is 3. The minimum absolute atomic E-state index is 0.0794. The molecule has 1 N–H and O–H groups in total. The Morgan fingerprint density at radius 1 is 1.08 bits per heavy atom. The van der Waals surface area contributed by atoms with Crippen molar-refractivity contribution in [3.8, 4) is 11.3 Å². The van der Waals surface area contributed by atoms with Crippen LogP contribution in [0.25, 0.3) is 16.9 Å². The lowest BCUT2D eigenvalue weighted by molar-refractivity contribution is -0.142. The number of fused-ring (bicyclic) bond motifs is 1. The van der Waals surface area contributed by atoms with Crippen LogP contribution in [0.4, 0.5) is 18.9 Å². The minimum Gasteiger partial charge on any atom is -0.318 e. The zero-order valence-electron chi connectivity index (χ0n) is 18.8. The maximum absolute atomic E-state index is 13.8. The van der Waals surface area contributed by atoms with Gasteiger partial charge in [-0.15, -0.1) is 0 Å². The van der Waals surface area contributed by atoms with Crippen LogP contribution >= 0.6 is 11.6 Å². The predicted octanol–water partition coefficient (Wildman–Crippen LogP) is 5.87. The zero-order chi connectivity index (χ0) is 25.4. The van der Waals surface area contributed by atoms with Crippen LogP contribution in [0.3, 0.4) is 0 Å². The van der Waals surface area contributed by atoms with Crippen LogP contribution in [0, 0.1) is 6.92 Å². The lowest BCUT2D eigenvalue weighted by Crippen LogP contribution is -2.15. The maximum atomic E-state index is 13.8. The Kier molecular flexibility index (Phi) is 5.97. The summed E-state index contributed by atoms with van der Waals surface area (Å²) in [5.41, 5.74) is 1.68. The fourth-order valence-electron chi connectivity index (χ4n) is 3.76. The molecule has 0 atom stereocenters. The smallest absolute Gasteiger partial charge is 0.318 e. The van der Waals surface area contributed by atoms with E-state index in [0.717, 1.165) is 17.2 Å². The van der Waals surface area contributed by atoms with E-state index < -0.39 is 17.8 Å². The van der Waals surface area contributed by atoms with Gasteiger partial charge in [0, 0.05) is 22.8 Å². The van der Waals surface area contributed by atoms with Crippen molar-refractivity contribution < 1.29 is 18.0 Å². The third-order valence-corrected chi connectivity index (χ3v) is 5.66. The number of anilines is 1. The van der Waals surface area contributed by atoms with Crippen molar-refractivity contribution in [2.45, 2.75) is 19.6 Å². The summed E-state index contributed by atoms with van der Waals surface area (Å²) in [6, 6.07) is 16.3. The molecule has 1 amide bonds. The molecule has 0 aliphatic carbocycles. The van der Waals surface area contributed by atoms with Crippen molar-refractivity contribution in [2.24, 2.45) is 0 Å². The molecule has 0 radical (unpaired) electrons. The van der Waals surface area contributed by atoms with E-state index in [1.807, 2.05) is 31.2 Å². The molecular formula is C25H18ClF3N6O. The van der Waals surface area contributed by atoms with E-state index in [0.29, 0.717) is 27.3 Å². The molecule has 0 spiro atoms. The summed E-state index contributed by atoms with van der Waals surface area (Å²) in [4.78, 5) is 17.1. The topological polar surface area (TPSA) is 77.1 Å². The number of carbonyl (C=O) groups excluding carboxylic acids is 1. The molecule has 182 valence electrons. The Morgan fingerprint density at radius 2 is 1.86 bits per heavy atom. The van der Waals surface area contributed by atoms with Gasteiger partial charge in [0.2, 0.25) is 0 Å². The molecule has 2 aromatic carbocycles. The molecule has 3 heterocycles. The summed E-state index contributed by atoms with van der Waals surface area (Å²) in [6.07, 6.45) is -1.63. The highest BCUT2D eigenvalue weighted by Crippen LogP contribution is 2.32. The molecule has 0 aliphatic heterocycles. The molecule has 36 heavy (non-hydrogen) atoms. The van der Waals surface area contributed by atoms with E-state index in [-0.39, 0.29) is 17.0 Å². The first-order valence-electron chi connectivity index (χ1n) is 10.8. The van der Waals surface area contributed by atoms with Crippen LogP contribution in [-0.2, 0) is 12.7 Å². The maximum Gasteiger partial charge on any atom is 0.433 e. The van der Waals surface area contributed by atoms with Gasteiger partial charge in [0.05, 0.1) is 24.1 Å². The summed E-state index contributed by atoms with van der Waals surface area (Å²) < 4.78 is 43.7. The molecule has 0 unspecified atom stereocenters. The number of benzene rings is 2. The molecule has 11 heteroatoms. The van der Waals surface area contributed by atoms with Crippen molar-refractivity contribution in [3.05, 3.63) is 101 Å². The Labute approximate surface area is 208 Å². The highest BCUT2D eigenvalue weighted by atomic mass is 35.5. The quantitative estimate of drug-likeness (QED) is 0.320. The lowest BCUT2D eigenvalue weighted by Gasteiger charge is -2.11. The van der Waals surface area contributed by atoms with E-state index in [2.05, 4.69) is 20.5 Å². The molecule has 0 bridgehead atoms. The summed E-state index contributed by atoms with van der Waals surface area (Å²) in [6.45, 7) is 2.49. The molecule has 0 aliphatic rings. The van der Waals surface area contributed by atoms with Crippen LogP contribution < -0.4 is 5.32 Å². The van der Waals surface area contributed by atoms with E-state index in [1.165, 1.54) is 12.3 Å². The van der Waals surface area contributed by atoms with Gasteiger partial charge in [0.25, 0.3) is 5.91 Å². The van der Waals surface area contributed by atoms with Crippen LogP contribution in [-0.4, -0.2) is 30.3 Å². The number of hydrogen-bond acceptors (Lipinski definition) is 4. The Hall–Kier alpha value is -4.18. The summed E-state index contributed by atoms with van der Waals surface area (Å²) >= 11 is 5.89. The molecule has 3 aromatic heterocycles. The van der Waals surface area contributed by atoms with E-state index in [1.54, 1.807) is 35.1 Å². The van der Waals surface area contributed by atoms with Gasteiger partial charge in [0.1, 0.15) is 0 Å². The molecule has 5 rings (SSSR count). The van der Waals surface area contributed by atoms with Gasteiger partial charge in [-0.25, -0.2) is 9.50 Å². The zero-order valence-corrected chi connectivity index (χ0v) is 19.5. The number of aromatic nitrogens is 5. The molecule has 5 aromatic rings. The Morgan fingerprint density at radius 3 is 2.58 bits per heavy atom. The second-order valence-corrected chi connectivity index (χ2v) is 8.64. The van der Waals surface area contributed by atoms with Gasteiger partial charge >= 0.3 is 6.18 Å². The van der Waals surface area contributed by atoms with Gasteiger partial charge in [-0.05, 0) is 30.7 Å². The van der Waals surface area contributed by atoms with Gasteiger partial charge in [-0.1, -0.05) is 53.6 Å². The molecule has 0 saturated heterocycles. The Bertz CT molecular complexity index is 1570. The van der Waals surface area contributed by atoms with Crippen molar-refractivity contribution in [1.82, 2.24) is 24.4 Å². The normalized spacial score (nSPS) is 11.7. The number of halogens is 4. The van der Waals surface area contributed by atoms with Gasteiger partial charge in [-0.2, -0.15) is 23.4 Å². The second kappa shape index (κ2) is 9.12. The van der Waals surface area contributed by atoms with Crippen molar-refractivity contribution in [1.29, 1.82) is 0 Å². The van der Waals surface area contributed by atoms with Gasteiger partial charge < -0.3 is 5.32 Å². The fourth-order valence-corrected chi connectivity index (χ4v) is 3.89. The highest BCUT2D eigenvalue weighted by molar-refractivity contribution is 6.30. The highest BCUT2D eigenvalue weighted by Gasteiger charge is 2.35. The standard InChI is InChI=1S/C25H18ClF3N6O/c1-15-3-2-4-16(9-15)13-34-14-19(12-30-34)31-24(36)21-11-23-32-20(17-5-7-18(26)8-6-17)10-22(25(27,28)29)35(23)33-21/h2-12,14H,13H2,1H3,(H,31,36).